The van der Waals surface area contributed by atoms with Gasteiger partial charge in [0, 0.05) is 49.7 Å². The third-order valence-corrected chi connectivity index (χ3v) is 5.30. The van der Waals surface area contributed by atoms with E-state index >= 15 is 0 Å². The predicted octanol–water partition coefficient (Wildman–Crippen LogP) is 4.05. The van der Waals surface area contributed by atoms with Crippen LogP contribution >= 0.6 is 0 Å². The number of carbonyl (C=O) groups excluding carboxylic acids is 2. The topological polar surface area (TPSA) is 105 Å². The molecule has 0 unspecified atom stereocenters. The van der Waals surface area contributed by atoms with Crippen LogP contribution in [0.1, 0.15) is 26.5 Å². The predicted molar refractivity (Wildman–Crippen MR) is 123 cm³/mol. The number of rotatable bonds is 4. The molecule has 3 aromatic rings. The molecular weight excluding hydrogens is 422 g/mol. The number of nitrogens with zero attached hydrogens (tertiary/aromatic N) is 6. The third-order valence-electron chi connectivity index (χ3n) is 5.30. The van der Waals surface area contributed by atoms with Crippen LogP contribution in [-0.2, 0) is 7.05 Å². The van der Waals surface area contributed by atoms with Crippen molar-refractivity contribution in [1.29, 1.82) is 0 Å². The minimum Gasteiger partial charge on any atom is -0.455 e. The van der Waals surface area contributed by atoms with Gasteiger partial charge in [0.05, 0.1) is 17.6 Å². The first-order chi connectivity index (χ1) is 15.6. The molecule has 0 spiro atoms. The Labute approximate surface area is 192 Å². The number of carbonyl (C=O) groups is 2. The van der Waals surface area contributed by atoms with E-state index in [9.17, 15) is 9.59 Å². The molecule has 1 fully saturated rings. The fraction of sp³-hybridized carbons (Fsp3) is 0.348. The Balaban J connectivity index is 1.44. The van der Waals surface area contributed by atoms with Gasteiger partial charge in [-0.1, -0.05) is 0 Å². The van der Waals surface area contributed by atoms with Gasteiger partial charge in [0.15, 0.2) is 0 Å². The second kappa shape index (κ2) is 8.53. The Morgan fingerprint density at radius 2 is 1.97 bits per heavy atom. The van der Waals surface area contributed by atoms with E-state index in [1.165, 1.54) is 4.90 Å². The summed E-state index contributed by atoms with van der Waals surface area (Å²) < 4.78 is 7.70. The van der Waals surface area contributed by atoms with Gasteiger partial charge in [0.25, 0.3) is 0 Å². The molecule has 0 radical (unpaired) electrons. The molecule has 0 aliphatic carbocycles. The second-order valence-electron chi connectivity index (χ2n) is 8.85. The minimum atomic E-state index is -0.498. The number of aryl methyl sites for hydroxylation is 2. The number of anilines is 1. The maximum atomic E-state index is 12.6. The van der Waals surface area contributed by atoms with Gasteiger partial charge in [0.2, 0.25) is 0 Å². The highest BCUT2D eigenvalue weighted by molar-refractivity contribution is 6.01. The molecule has 4 heterocycles. The average Bonchev–Trinajstić information content (AvgIpc) is 3.36. The molecule has 172 valence electrons. The summed E-state index contributed by atoms with van der Waals surface area (Å²) in [6.45, 7) is 8.46. The normalized spacial score (nSPS) is 14.0. The van der Waals surface area contributed by atoms with Gasteiger partial charge < -0.3 is 9.64 Å². The molecule has 3 aromatic heterocycles. The second-order valence-corrected chi connectivity index (χ2v) is 8.85. The fourth-order valence-corrected chi connectivity index (χ4v) is 3.56. The van der Waals surface area contributed by atoms with E-state index in [0.717, 1.165) is 11.3 Å². The Bertz CT molecular complexity index is 1200. The number of urea groups is 2. The number of imide groups is 1. The van der Waals surface area contributed by atoms with Crippen LogP contribution in [0.5, 0.6) is 11.5 Å². The van der Waals surface area contributed by atoms with Crippen molar-refractivity contribution in [3.63, 3.8) is 0 Å². The molecule has 0 bridgehead atoms. The molecule has 33 heavy (non-hydrogen) atoms. The van der Waals surface area contributed by atoms with Gasteiger partial charge in [-0.15, -0.1) is 0 Å². The van der Waals surface area contributed by atoms with Crippen LogP contribution in [0, 0.1) is 6.92 Å². The maximum absolute atomic E-state index is 12.6. The third kappa shape index (κ3) is 4.79. The SMILES string of the molecule is Cc1nc(NC(=O)N2CCN(C(C)(C)C)C2=O)ccc1Oc1ccnc(-c2cnn(C)c2)c1. The molecular formula is C23H27N7O3. The lowest BCUT2D eigenvalue weighted by atomic mass is 10.1. The monoisotopic (exact) mass is 449 g/mol. The first-order valence-corrected chi connectivity index (χ1v) is 10.6. The van der Waals surface area contributed by atoms with Crippen LogP contribution in [0.4, 0.5) is 15.4 Å². The summed E-state index contributed by atoms with van der Waals surface area (Å²) in [4.78, 5) is 36.9. The molecule has 10 nitrogen and oxygen atoms in total. The van der Waals surface area contributed by atoms with Gasteiger partial charge >= 0.3 is 12.1 Å². The molecule has 10 heteroatoms. The highest BCUT2D eigenvalue weighted by Crippen LogP contribution is 2.28. The highest BCUT2D eigenvalue weighted by Gasteiger charge is 2.38. The number of hydrogen-bond donors (Lipinski definition) is 1. The van der Waals surface area contributed by atoms with Crippen molar-refractivity contribution in [2.24, 2.45) is 7.05 Å². The summed E-state index contributed by atoms with van der Waals surface area (Å²) in [5.74, 6) is 1.50. The van der Waals surface area contributed by atoms with Crippen molar-refractivity contribution in [2.45, 2.75) is 33.2 Å². The highest BCUT2D eigenvalue weighted by atomic mass is 16.5. The Morgan fingerprint density at radius 3 is 2.61 bits per heavy atom. The van der Waals surface area contributed by atoms with Gasteiger partial charge in [-0.2, -0.15) is 5.10 Å². The molecule has 0 saturated carbocycles. The van der Waals surface area contributed by atoms with E-state index in [1.54, 1.807) is 47.1 Å². The van der Waals surface area contributed by atoms with E-state index in [2.05, 4.69) is 20.4 Å². The lowest BCUT2D eigenvalue weighted by Crippen LogP contribution is -2.46. The van der Waals surface area contributed by atoms with Gasteiger partial charge in [-0.05, 0) is 45.9 Å². The fourth-order valence-electron chi connectivity index (χ4n) is 3.56. The van der Waals surface area contributed by atoms with Crippen molar-refractivity contribution >= 4 is 17.9 Å². The number of hydrogen-bond acceptors (Lipinski definition) is 6. The van der Waals surface area contributed by atoms with Crippen LogP contribution in [0.25, 0.3) is 11.3 Å². The Kier molecular flexibility index (Phi) is 5.75. The largest absolute Gasteiger partial charge is 0.455 e. The van der Waals surface area contributed by atoms with E-state index in [4.69, 9.17) is 4.74 Å². The molecule has 4 rings (SSSR count). The van der Waals surface area contributed by atoms with Crippen LogP contribution in [0.3, 0.4) is 0 Å². The van der Waals surface area contributed by atoms with Crippen molar-refractivity contribution in [1.82, 2.24) is 29.5 Å². The molecule has 1 aliphatic rings. The van der Waals surface area contributed by atoms with E-state index in [-0.39, 0.29) is 11.6 Å². The van der Waals surface area contributed by atoms with Gasteiger partial charge in [-0.25, -0.2) is 19.5 Å². The first-order valence-electron chi connectivity index (χ1n) is 10.6. The van der Waals surface area contributed by atoms with Gasteiger partial charge in [-0.3, -0.25) is 15.0 Å². The Morgan fingerprint density at radius 1 is 1.18 bits per heavy atom. The molecule has 4 amide bonds. The zero-order chi connectivity index (χ0) is 23.8. The maximum Gasteiger partial charge on any atom is 0.331 e. The van der Waals surface area contributed by atoms with Crippen LogP contribution in [0.2, 0.25) is 0 Å². The van der Waals surface area contributed by atoms with Crippen LogP contribution in [-0.4, -0.2) is 60.2 Å². The number of nitrogens with one attached hydrogen (secondary N) is 1. The lowest BCUT2D eigenvalue weighted by Gasteiger charge is -2.31. The number of amides is 4. The van der Waals surface area contributed by atoms with E-state index < -0.39 is 6.03 Å². The van der Waals surface area contributed by atoms with Crippen molar-refractivity contribution in [3.05, 3.63) is 48.5 Å². The van der Waals surface area contributed by atoms with Crippen molar-refractivity contribution in [2.75, 3.05) is 18.4 Å². The first kappa shape index (κ1) is 22.3. The van der Waals surface area contributed by atoms with Crippen LogP contribution < -0.4 is 10.1 Å². The summed E-state index contributed by atoms with van der Waals surface area (Å²) in [5.41, 5.74) is 1.88. The molecule has 0 atom stereocenters. The van der Waals surface area contributed by atoms with Crippen LogP contribution in [0.15, 0.2) is 42.9 Å². The summed E-state index contributed by atoms with van der Waals surface area (Å²) in [5, 5.41) is 6.87. The zero-order valence-electron chi connectivity index (χ0n) is 19.4. The van der Waals surface area contributed by atoms with E-state index in [0.29, 0.717) is 36.1 Å². The molecule has 1 N–H and O–H groups in total. The lowest BCUT2D eigenvalue weighted by molar-refractivity contribution is 0.158. The molecule has 1 aliphatic heterocycles. The zero-order valence-corrected chi connectivity index (χ0v) is 19.4. The number of ether oxygens (including phenoxy) is 1. The number of pyridine rings is 2. The number of aromatic nitrogens is 4. The molecule has 0 aromatic carbocycles. The molecule has 1 saturated heterocycles. The standard InChI is InChI=1S/C23H27N7O3/c1-15-19(33-17-8-9-24-18(12-17)16-13-25-28(5)14-16)6-7-20(26-15)27-21(31)29-10-11-30(22(29)32)23(2,3)4/h6-9,12-14H,10-11H2,1-5H3,(H,26,27,31). The van der Waals surface area contributed by atoms with E-state index in [1.807, 2.05) is 40.1 Å². The quantitative estimate of drug-likeness (QED) is 0.644. The van der Waals surface area contributed by atoms with Crippen molar-refractivity contribution in [3.8, 4) is 22.8 Å². The summed E-state index contributed by atoms with van der Waals surface area (Å²) >= 11 is 0. The van der Waals surface area contributed by atoms with Gasteiger partial charge in [0.1, 0.15) is 17.3 Å². The summed E-state index contributed by atoms with van der Waals surface area (Å²) in [6, 6.07) is 6.16. The average molecular weight is 450 g/mol. The summed E-state index contributed by atoms with van der Waals surface area (Å²) in [7, 11) is 1.85. The Hall–Kier alpha value is -3.95. The summed E-state index contributed by atoms with van der Waals surface area (Å²) in [6.07, 6.45) is 5.29. The van der Waals surface area contributed by atoms with Crippen molar-refractivity contribution < 1.29 is 14.3 Å². The smallest absolute Gasteiger partial charge is 0.331 e. The minimum absolute atomic E-state index is 0.307.